The third-order valence-corrected chi connectivity index (χ3v) is 8.68. The van der Waals surface area contributed by atoms with Gasteiger partial charge in [0.15, 0.2) is 11.6 Å². The van der Waals surface area contributed by atoms with Crippen LogP contribution in [-0.2, 0) is 0 Å². The van der Waals surface area contributed by atoms with Gasteiger partial charge >= 0.3 is 0 Å². The Morgan fingerprint density at radius 3 is 2.62 bits per heavy atom. The standard InChI is InChI=1S/C30H24Cl3F2N3O2/c1-13-12-40-29-19(13)10-24(38-28(29)18-5-6-23(34)26(35)25(18)33)20(15-3-4-15)11-36-30(39)17-7-16-8-21(31)14(2)37-27(16)22(32)9-17/h5-10,13,15,20H,3-4,11-12H2,1-2H3,(H,36,39). The van der Waals surface area contributed by atoms with Gasteiger partial charge < -0.3 is 10.1 Å². The molecule has 2 atom stereocenters. The van der Waals surface area contributed by atoms with Crippen LogP contribution in [-0.4, -0.2) is 29.0 Å². The number of aromatic nitrogens is 2. The predicted octanol–water partition coefficient (Wildman–Crippen LogP) is 8.26. The summed E-state index contributed by atoms with van der Waals surface area (Å²) in [6.45, 7) is 4.60. The molecule has 5 nitrogen and oxygen atoms in total. The second kappa shape index (κ2) is 10.4. The van der Waals surface area contributed by atoms with Crippen molar-refractivity contribution in [3.05, 3.63) is 85.6 Å². The molecule has 6 rings (SSSR count). The van der Waals surface area contributed by atoms with Crippen LogP contribution in [0.2, 0.25) is 15.1 Å². The molecule has 1 aliphatic carbocycles. The summed E-state index contributed by atoms with van der Waals surface area (Å²) < 4.78 is 34.1. The maximum absolute atomic E-state index is 14.4. The number of rotatable bonds is 6. The third-order valence-electron chi connectivity index (χ3n) is 7.64. The highest BCUT2D eigenvalue weighted by Crippen LogP contribution is 2.47. The molecule has 1 N–H and O–H groups in total. The first-order chi connectivity index (χ1) is 19.1. The molecule has 0 radical (unpaired) electrons. The highest BCUT2D eigenvalue weighted by atomic mass is 35.5. The topological polar surface area (TPSA) is 64.1 Å². The monoisotopic (exact) mass is 601 g/mol. The maximum Gasteiger partial charge on any atom is 0.251 e. The van der Waals surface area contributed by atoms with Gasteiger partial charge in [-0.2, -0.15) is 0 Å². The van der Waals surface area contributed by atoms with E-state index in [1.165, 1.54) is 6.07 Å². The molecule has 1 aliphatic heterocycles. The van der Waals surface area contributed by atoms with Crippen LogP contribution in [0.15, 0.2) is 36.4 Å². The Hall–Kier alpha value is -3.00. The molecule has 0 saturated heterocycles. The lowest BCUT2D eigenvalue weighted by Gasteiger charge is -2.20. The Balaban J connectivity index is 1.33. The molecule has 1 fully saturated rings. The number of amides is 1. The van der Waals surface area contributed by atoms with E-state index in [1.807, 2.05) is 13.0 Å². The van der Waals surface area contributed by atoms with E-state index in [0.717, 1.165) is 30.2 Å². The summed E-state index contributed by atoms with van der Waals surface area (Å²) in [7, 11) is 0. The van der Waals surface area contributed by atoms with E-state index in [2.05, 4.69) is 10.3 Å². The van der Waals surface area contributed by atoms with Gasteiger partial charge in [-0.3, -0.25) is 9.78 Å². The van der Waals surface area contributed by atoms with Crippen LogP contribution in [0.4, 0.5) is 8.78 Å². The highest BCUT2D eigenvalue weighted by molar-refractivity contribution is 6.36. The first-order valence-electron chi connectivity index (χ1n) is 13.0. The molecule has 1 saturated carbocycles. The lowest BCUT2D eigenvalue weighted by Crippen LogP contribution is -2.29. The molecule has 0 spiro atoms. The summed E-state index contributed by atoms with van der Waals surface area (Å²) in [5.41, 5.74) is 3.95. The van der Waals surface area contributed by atoms with Gasteiger partial charge in [-0.15, -0.1) is 0 Å². The van der Waals surface area contributed by atoms with Crippen molar-refractivity contribution in [3.8, 4) is 17.0 Å². The van der Waals surface area contributed by atoms with Crippen molar-refractivity contribution in [2.75, 3.05) is 13.2 Å². The molecule has 4 aromatic rings. The van der Waals surface area contributed by atoms with Gasteiger partial charge in [-0.1, -0.05) is 41.7 Å². The predicted molar refractivity (Wildman–Crippen MR) is 153 cm³/mol. The van der Waals surface area contributed by atoms with Gasteiger partial charge in [-0.25, -0.2) is 13.8 Å². The lowest BCUT2D eigenvalue weighted by molar-refractivity contribution is 0.0950. The second-order valence-electron chi connectivity index (χ2n) is 10.5. The summed E-state index contributed by atoms with van der Waals surface area (Å²) in [6, 6.07) is 9.52. The third kappa shape index (κ3) is 4.89. The molecular weight excluding hydrogens is 579 g/mol. The van der Waals surface area contributed by atoms with Gasteiger partial charge in [0.2, 0.25) is 0 Å². The van der Waals surface area contributed by atoms with Crippen molar-refractivity contribution >= 4 is 51.6 Å². The van der Waals surface area contributed by atoms with Crippen molar-refractivity contribution in [1.82, 2.24) is 15.3 Å². The van der Waals surface area contributed by atoms with Crippen molar-refractivity contribution in [2.45, 2.75) is 38.5 Å². The Morgan fingerprint density at radius 1 is 1.10 bits per heavy atom. The van der Waals surface area contributed by atoms with Gasteiger partial charge in [0.05, 0.1) is 32.9 Å². The quantitative estimate of drug-likeness (QED) is 0.226. The summed E-state index contributed by atoms with van der Waals surface area (Å²) in [5, 5.41) is 4.23. The summed E-state index contributed by atoms with van der Waals surface area (Å²) in [4.78, 5) is 22.6. The minimum atomic E-state index is -1.13. The van der Waals surface area contributed by atoms with Crippen LogP contribution < -0.4 is 10.1 Å². The second-order valence-corrected chi connectivity index (χ2v) is 11.7. The molecule has 2 aliphatic rings. The van der Waals surface area contributed by atoms with Crippen LogP contribution in [0.3, 0.4) is 0 Å². The first kappa shape index (κ1) is 27.2. The number of nitrogens with zero attached hydrogens (tertiary/aromatic N) is 2. The molecular formula is C30H24Cl3F2N3O2. The van der Waals surface area contributed by atoms with Gasteiger partial charge in [0.25, 0.3) is 5.91 Å². The number of aryl methyl sites for hydroxylation is 1. The Bertz CT molecular complexity index is 1690. The maximum atomic E-state index is 14.4. The number of nitrogens with one attached hydrogen (secondary N) is 1. The number of pyridine rings is 2. The fraction of sp³-hybridized carbons (Fsp3) is 0.300. The molecule has 40 heavy (non-hydrogen) atoms. The smallest absolute Gasteiger partial charge is 0.251 e. The number of benzene rings is 2. The molecule has 2 aromatic carbocycles. The summed E-state index contributed by atoms with van der Waals surface area (Å²) >= 11 is 18.9. The number of hydrogen-bond acceptors (Lipinski definition) is 4. The molecule has 10 heteroatoms. The number of ether oxygens (including phenoxy) is 1. The minimum absolute atomic E-state index is 0.0813. The number of hydrogen-bond donors (Lipinski definition) is 1. The zero-order valence-corrected chi connectivity index (χ0v) is 23.9. The number of carbonyl (C=O) groups excluding carboxylic acids is 1. The molecule has 2 aromatic heterocycles. The van der Waals surface area contributed by atoms with Crippen LogP contribution in [0.1, 0.15) is 58.9 Å². The largest absolute Gasteiger partial charge is 0.490 e. The molecule has 3 heterocycles. The van der Waals surface area contributed by atoms with Crippen molar-refractivity contribution in [1.29, 1.82) is 0 Å². The summed E-state index contributed by atoms with van der Waals surface area (Å²) in [6.07, 6.45) is 2.00. The van der Waals surface area contributed by atoms with Crippen molar-refractivity contribution in [3.63, 3.8) is 0 Å². The van der Waals surface area contributed by atoms with E-state index in [4.69, 9.17) is 44.5 Å². The molecule has 1 amide bonds. The van der Waals surface area contributed by atoms with E-state index < -0.39 is 11.6 Å². The average Bonchev–Trinajstić information content (AvgIpc) is 3.70. The first-order valence-corrected chi connectivity index (χ1v) is 14.1. The Labute approximate surface area is 244 Å². The van der Waals surface area contributed by atoms with E-state index in [9.17, 15) is 13.6 Å². The molecule has 206 valence electrons. The Kier molecular flexibility index (Phi) is 7.09. The number of carbonyl (C=O) groups is 1. The zero-order chi connectivity index (χ0) is 28.3. The Morgan fingerprint density at radius 2 is 1.88 bits per heavy atom. The van der Waals surface area contributed by atoms with E-state index in [-0.39, 0.29) is 28.3 Å². The van der Waals surface area contributed by atoms with Gasteiger partial charge in [0, 0.05) is 46.2 Å². The number of halogens is 5. The van der Waals surface area contributed by atoms with Crippen LogP contribution in [0, 0.1) is 24.5 Å². The van der Waals surface area contributed by atoms with Crippen LogP contribution >= 0.6 is 34.8 Å². The fourth-order valence-corrected chi connectivity index (χ4v) is 5.90. The van der Waals surface area contributed by atoms with Gasteiger partial charge in [0.1, 0.15) is 11.4 Å². The van der Waals surface area contributed by atoms with Crippen LogP contribution in [0.25, 0.3) is 22.2 Å². The normalized spacial score (nSPS) is 17.0. The zero-order valence-electron chi connectivity index (χ0n) is 21.6. The lowest BCUT2D eigenvalue weighted by atomic mass is 9.93. The average molecular weight is 603 g/mol. The fourth-order valence-electron chi connectivity index (χ4n) is 5.23. The summed E-state index contributed by atoms with van der Waals surface area (Å²) in [5.74, 6) is -1.61. The van der Waals surface area contributed by atoms with Crippen LogP contribution in [0.5, 0.6) is 5.75 Å². The van der Waals surface area contributed by atoms with Gasteiger partial charge in [-0.05, 0) is 62.1 Å². The van der Waals surface area contributed by atoms with E-state index in [0.29, 0.717) is 62.7 Å². The SMILES string of the molecule is Cc1nc2c(Cl)cc(C(=O)NCC(c3cc4c(c(-c5ccc(F)c(F)c5Cl)n3)OCC4C)C3CC3)cc2cc1Cl. The highest BCUT2D eigenvalue weighted by Gasteiger charge is 2.36. The van der Waals surface area contributed by atoms with E-state index >= 15 is 0 Å². The minimum Gasteiger partial charge on any atom is -0.490 e. The van der Waals surface area contributed by atoms with Crippen molar-refractivity contribution in [2.24, 2.45) is 5.92 Å². The molecule has 0 bridgehead atoms. The molecule has 2 unspecified atom stereocenters. The van der Waals surface area contributed by atoms with Crippen molar-refractivity contribution < 1.29 is 18.3 Å². The van der Waals surface area contributed by atoms with E-state index in [1.54, 1.807) is 25.1 Å². The number of fused-ring (bicyclic) bond motifs is 2.